The van der Waals surface area contributed by atoms with Crippen LogP contribution in [0.1, 0.15) is 52.4 Å². The highest BCUT2D eigenvalue weighted by Crippen LogP contribution is 2.74. The Bertz CT molecular complexity index is 854. The molecule has 0 amide bonds. The van der Waals surface area contributed by atoms with Crippen LogP contribution in [-0.4, -0.2) is 42.9 Å². The average molecular weight is 367 g/mol. The number of methoxy groups -OCH3 is 1. The maximum atomic E-state index is 13.5. The average Bonchev–Trinajstić information content (AvgIpc) is 3.32. The van der Waals surface area contributed by atoms with Gasteiger partial charge >= 0.3 is 5.97 Å². The molecule has 2 heterocycles. The van der Waals surface area contributed by atoms with Gasteiger partial charge in [0, 0.05) is 42.5 Å². The van der Waals surface area contributed by atoms with E-state index in [1.165, 1.54) is 24.7 Å². The summed E-state index contributed by atoms with van der Waals surface area (Å²) < 4.78 is 5.18. The first-order valence-corrected chi connectivity index (χ1v) is 10.7. The fourth-order valence-corrected chi connectivity index (χ4v) is 8.65. The van der Waals surface area contributed by atoms with Gasteiger partial charge in [0.1, 0.15) is 5.78 Å². The molecule has 27 heavy (non-hydrogen) atoms. The molecule has 4 aliphatic carbocycles. The smallest absolute Gasteiger partial charge is 0.334 e. The van der Waals surface area contributed by atoms with E-state index in [1.807, 2.05) is 0 Å². The second kappa shape index (κ2) is 4.94. The lowest BCUT2D eigenvalue weighted by Gasteiger charge is -2.56. The molecular weight excluding hydrogens is 338 g/mol. The van der Waals surface area contributed by atoms with Crippen molar-refractivity contribution >= 4 is 11.8 Å². The maximum Gasteiger partial charge on any atom is 0.334 e. The fraction of sp³-hybridized carbons (Fsp3) is 0.739. The minimum atomic E-state index is -0.162. The third kappa shape index (κ3) is 1.63. The number of ether oxygens (including phenoxy) is 1. The Labute approximate surface area is 161 Å². The molecule has 0 radical (unpaired) electrons. The minimum absolute atomic E-state index is 0.0960. The molecule has 0 aromatic heterocycles. The van der Waals surface area contributed by atoms with Gasteiger partial charge < -0.3 is 4.74 Å². The minimum Gasteiger partial charge on any atom is -0.466 e. The number of nitrogens with zero attached hydrogens (tertiary/aromatic N) is 1. The summed E-state index contributed by atoms with van der Waals surface area (Å²) in [5.41, 5.74) is 5.09. The first kappa shape index (κ1) is 16.5. The van der Waals surface area contributed by atoms with Gasteiger partial charge in [0.2, 0.25) is 0 Å². The molecule has 6 rings (SSSR count). The van der Waals surface area contributed by atoms with Crippen LogP contribution in [0.25, 0.3) is 0 Å². The van der Waals surface area contributed by atoms with E-state index in [9.17, 15) is 9.59 Å². The number of allylic oxidation sites excluding steroid dienone is 3. The Morgan fingerprint density at radius 3 is 2.78 bits per heavy atom. The molecule has 2 aliphatic heterocycles. The van der Waals surface area contributed by atoms with Crippen LogP contribution in [0.4, 0.5) is 0 Å². The predicted molar refractivity (Wildman–Crippen MR) is 101 cm³/mol. The quantitative estimate of drug-likeness (QED) is 0.668. The second-order valence-corrected chi connectivity index (χ2v) is 10.2. The van der Waals surface area contributed by atoms with E-state index in [0.29, 0.717) is 30.1 Å². The Morgan fingerprint density at radius 1 is 1.19 bits per heavy atom. The zero-order chi connectivity index (χ0) is 18.7. The number of carbonyl (C=O) groups excluding carboxylic acids is 2. The van der Waals surface area contributed by atoms with Crippen molar-refractivity contribution in [2.45, 2.75) is 58.4 Å². The topological polar surface area (TPSA) is 46.6 Å². The molecule has 2 saturated heterocycles. The van der Waals surface area contributed by atoms with Crippen LogP contribution in [0.3, 0.4) is 0 Å². The Kier molecular flexibility index (Phi) is 3.03. The van der Waals surface area contributed by atoms with E-state index in [1.54, 1.807) is 5.57 Å². The number of Topliss-reactive ketones (excluding diaryl/α,β-unsaturated/α-hetero) is 1. The summed E-state index contributed by atoms with van der Waals surface area (Å²) in [6.45, 7) is 6.97. The molecule has 1 saturated carbocycles. The third-order valence-corrected chi connectivity index (χ3v) is 9.55. The van der Waals surface area contributed by atoms with Crippen molar-refractivity contribution in [2.24, 2.45) is 28.6 Å². The van der Waals surface area contributed by atoms with Gasteiger partial charge in [0.25, 0.3) is 0 Å². The van der Waals surface area contributed by atoms with Crippen molar-refractivity contribution in [3.05, 3.63) is 22.3 Å². The molecule has 0 unspecified atom stereocenters. The standard InChI is InChI=1S/C23H29NO3/c1-12-10-24-11-14-6-4-13-5-7-15-16(21(26)27-3)8-23(19(13)15)9-17(25)18(12)20(24)22(14,23)2/h12,14,18,20H,4-11H2,1-3H3/t12-,14-,18-,20-,22-,23-/m1/s1. The van der Waals surface area contributed by atoms with E-state index in [2.05, 4.69) is 18.7 Å². The molecule has 4 heteroatoms. The van der Waals surface area contributed by atoms with E-state index in [-0.39, 0.29) is 22.7 Å². The monoisotopic (exact) mass is 367 g/mol. The van der Waals surface area contributed by atoms with Crippen LogP contribution >= 0.6 is 0 Å². The molecule has 0 bridgehead atoms. The van der Waals surface area contributed by atoms with Gasteiger partial charge in [0.15, 0.2) is 0 Å². The van der Waals surface area contributed by atoms with E-state index >= 15 is 0 Å². The number of hydrogen-bond donors (Lipinski definition) is 0. The third-order valence-electron chi connectivity index (χ3n) is 9.55. The second-order valence-electron chi connectivity index (χ2n) is 10.2. The van der Waals surface area contributed by atoms with Gasteiger partial charge in [-0.1, -0.05) is 19.4 Å². The van der Waals surface area contributed by atoms with Gasteiger partial charge in [-0.25, -0.2) is 4.79 Å². The summed E-state index contributed by atoms with van der Waals surface area (Å²) in [6, 6.07) is 0.365. The Hall–Kier alpha value is -1.42. The molecule has 0 aromatic rings. The summed E-state index contributed by atoms with van der Waals surface area (Å²) >= 11 is 0. The molecule has 3 fully saturated rings. The van der Waals surface area contributed by atoms with E-state index in [0.717, 1.165) is 44.3 Å². The van der Waals surface area contributed by atoms with Gasteiger partial charge in [0.05, 0.1) is 7.11 Å². The largest absolute Gasteiger partial charge is 0.466 e. The summed E-state index contributed by atoms with van der Waals surface area (Å²) in [5.74, 6) is 1.59. The van der Waals surface area contributed by atoms with Gasteiger partial charge in [-0.05, 0) is 60.5 Å². The molecule has 1 spiro atoms. The maximum absolute atomic E-state index is 13.5. The Balaban J connectivity index is 1.60. The number of hydrogen-bond acceptors (Lipinski definition) is 4. The molecule has 144 valence electrons. The van der Waals surface area contributed by atoms with Crippen LogP contribution < -0.4 is 0 Å². The zero-order valence-electron chi connectivity index (χ0n) is 16.6. The van der Waals surface area contributed by atoms with Crippen molar-refractivity contribution in [3.63, 3.8) is 0 Å². The van der Waals surface area contributed by atoms with Gasteiger partial charge in [-0.15, -0.1) is 0 Å². The lowest BCUT2D eigenvalue weighted by Crippen LogP contribution is -2.58. The molecule has 0 aromatic carbocycles. The highest BCUT2D eigenvalue weighted by molar-refractivity contribution is 5.94. The number of esters is 1. The summed E-state index contributed by atoms with van der Waals surface area (Å²) in [4.78, 5) is 28.8. The molecular formula is C23H29NO3. The van der Waals surface area contributed by atoms with Gasteiger partial charge in [-0.3, -0.25) is 9.69 Å². The van der Waals surface area contributed by atoms with Crippen LogP contribution in [-0.2, 0) is 14.3 Å². The van der Waals surface area contributed by atoms with Crippen LogP contribution in [0.15, 0.2) is 22.3 Å². The lowest BCUT2D eigenvalue weighted by molar-refractivity contribution is -0.142. The lowest BCUT2D eigenvalue weighted by atomic mass is 9.46. The fourth-order valence-electron chi connectivity index (χ4n) is 8.65. The van der Waals surface area contributed by atoms with Crippen molar-refractivity contribution in [3.8, 4) is 0 Å². The number of rotatable bonds is 1. The van der Waals surface area contributed by atoms with Crippen LogP contribution in [0, 0.1) is 28.6 Å². The van der Waals surface area contributed by atoms with E-state index < -0.39 is 0 Å². The highest BCUT2D eigenvalue weighted by Gasteiger charge is 2.73. The van der Waals surface area contributed by atoms with Crippen molar-refractivity contribution in [1.82, 2.24) is 4.90 Å². The summed E-state index contributed by atoms with van der Waals surface area (Å²) in [6.07, 6.45) is 5.84. The SMILES string of the molecule is COC(=O)C1=C2CCC3=C2[C@]2(CC(=O)[C@H]4[C@H](C)CN5C[C@@H](CC3)[C@]2(C)[C@@H]45)C1. The highest BCUT2D eigenvalue weighted by atomic mass is 16.5. The van der Waals surface area contributed by atoms with Crippen molar-refractivity contribution in [2.75, 3.05) is 20.2 Å². The summed E-state index contributed by atoms with van der Waals surface area (Å²) in [7, 11) is 1.49. The molecule has 6 aliphatic rings. The van der Waals surface area contributed by atoms with Gasteiger partial charge in [-0.2, -0.15) is 0 Å². The number of ketones is 1. The summed E-state index contributed by atoms with van der Waals surface area (Å²) in [5, 5.41) is 0. The van der Waals surface area contributed by atoms with E-state index in [4.69, 9.17) is 4.74 Å². The molecule has 4 nitrogen and oxygen atoms in total. The normalized spacial score (nSPS) is 47.4. The van der Waals surface area contributed by atoms with Crippen molar-refractivity contribution < 1.29 is 14.3 Å². The van der Waals surface area contributed by atoms with Crippen LogP contribution in [0.5, 0.6) is 0 Å². The van der Waals surface area contributed by atoms with Crippen molar-refractivity contribution in [1.29, 1.82) is 0 Å². The predicted octanol–water partition coefficient (Wildman–Crippen LogP) is 3.28. The molecule has 0 N–H and O–H groups in total. The van der Waals surface area contributed by atoms with Crippen LogP contribution in [0.2, 0.25) is 0 Å². The Morgan fingerprint density at radius 2 is 2.00 bits per heavy atom. The first-order valence-electron chi connectivity index (χ1n) is 10.7. The first-order chi connectivity index (χ1) is 12.9. The number of carbonyl (C=O) groups is 2. The molecule has 6 atom stereocenters. The zero-order valence-corrected chi connectivity index (χ0v) is 16.6.